The summed E-state index contributed by atoms with van der Waals surface area (Å²) in [6.07, 6.45) is 13.2. The number of fused-ring (bicyclic) bond motifs is 3. The van der Waals surface area contributed by atoms with Gasteiger partial charge in [-0.25, -0.2) is 4.98 Å². The molecule has 33 heavy (non-hydrogen) atoms. The minimum Gasteiger partial charge on any atom is -0.320 e. The Kier molecular flexibility index (Phi) is 6.51. The summed E-state index contributed by atoms with van der Waals surface area (Å²) in [5, 5.41) is 0. The highest BCUT2D eigenvalue weighted by atomic mass is 31.2. The Morgan fingerprint density at radius 3 is 2.33 bits per heavy atom. The molecule has 180 valence electrons. The highest BCUT2D eigenvalue weighted by Crippen LogP contribution is 2.45. The first-order chi connectivity index (χ1) is 15.8. The molecule has 3 heterocycles. The first-order valence-electron chi connectivity index (χ1n) is 12.7. The van der Waals surface area contributed by atoms with Crippen LogP contribution in [0.3, 0.4) is 0 Å². The molecule has 1 aliphatic carbocycles. The minimum absolute atomic E-state index is 0.0711. The molecule has 0 radical (unpaired) electrons. The Balaban J connectivity index is 1.54. The zero-order valence-electron chi connectivity index (χ0n) is 19.5. The maximum atomic E-state index is 13.4. The molecular formula is C25H36N3O4P. The number of hydrogen-bond donors (Lipinski definition) is 2. The summed E-state index contributed by atoms with van der Waals surface area (Å²) < 4.78 is 13.8. The number of benzene rings is 1. The molecule has 8 heteroatoms. The summed E-state index contributed by atoms with van der Waals surface area (Å²) in [5.41, 5.74) is -0.107. The van der Waals surface area contributed by atoms with E-state index in [1.807, 2.05) is 12.1 Å². The fourth-order valence-electron chi connectivity index (χ4n) is 6.85. The second kappa shape index (κ2) is 9.26. The third-order valence-electron chi connectivity index (χ3n) is 8.39. The van der Waals surface area contributed by atoms with E-state index < -0.39 is 18.6 Å². The lowest BCUT2D eigenvalue weighted by Crippen LogP contribution is -2.60. The van der Waals surface area contributed by atoms with Crippen LogP contribution in [0.4, 0.5) is 0 Å². The van der Waals surface area contributed by atoms with Crippen molar-refractivity contribution in [3.05, 3.63) is 34.6 Å². The van der Waals surface area contributed by atoms with Crippen LogP contribution in [0.25, 0.3) is 11.0 Å². The van der Waals surface area contributed by atoms with E-state index in [9.17, 15) is 19.1 Å². The summed E-state index contributed by atoms with van der Waals surface area (Å²) in [6.45, 7) is 2.34. The highest BCUT2D eigenvalue weighted by Gasteiger charge is 2.45. The maximum Gasteiger partial charge on any atom is 0.380 e. The van der Waals surface area contributed by atoms with E-state index in [0.717, 1.165) is 19.3 Å². The third kappa shape index (κ3) is 4.45. The molecule has 1 saturated carbocycles. The molecule has 4 unspecified atom stereocenters. The molecule has 3 fully saturated rings. The van der Waals surface area contributed by atoms with Crippen molar-refractivity contribution in [3.63, 3.8) is 0 Å². The van der Waals surface area contributed by atoms with Crippen LogP contribution in [-0.4, -0.2) is 42.4 Å². The average Bonchev–Trinajstić information content (AvgIpc) is 2.75. The van der Waals surface area contributed by atoms with Gasteiger partial charge in [0.05, 0.1) is 11.0 Å². The van der Waals surface area contributed by atoms with Crippen LogP contribution in [0.2, 0.25) is 0 Å². The monoisotopic (exact) mass is 473 g/mol. The predicted octanol–water partition coefficient (Wildman–Crippen LogP) is 4.12. The molecule has 5 rings (SSSR count). The average molecular weight is 474 g/mol. The molecule has 2 bridgehead atoms. The second-order valence-corrected chi connectivity index (χ2v) is 12.0. The molecule has 2 aliphatic heterocycles. The largest absolute Gasteiger partial charge is 0.380 e. The number of rotatable bonds is 3. The van der Waals surface area contributed by atoms with Gasteiger partial charge in [-0.3, -0.25) is 14.3 Å². The smallest absolute Gasteiger partial charge is 0.320 e. The lowest BCUT2D eigenvalue weighted by molar-refractivity contribution is -0.0498. The quantitative estimate of drug-likeness (QED) is 0.652. The maximum absolute atomic E-state index is 13.4. The Labute approximate surface area is 195 Å². The van der Waals surface area contributed by atoms with Gasteiger partial charge in [0.25, 0.3) is 5.56 Å². The molecule has 2 N–H and O–H groups in total. The molecule has 2 aromatic rings. The first-order valence-corrected chi connectivity index (χ1v) is 14.3. The number of piperidine rings is 2. The molecule has 4 atom stereocenters. The van der Waals surface area contributed by atoms with Crippen molar-refractivity contribution in [2.75, 3.05) is 0 Å². The van der Waals surface area contributed by atoms with Gasteiger partial charge in [0, 0.05) is 24.2 Å². The molecule has 2 saturated heterocycles. The Morgan fingerprint density at radius 2 is 1.61 bits per heavy atom. The van der Waals surface area contributed by atoms with E-state index >= 15 is 0 Å². The normalized spacial score (nSPS) is 30.2. The van der Waals surface area contributed by atoms with Crippen molar-refractivity contribution >= 4 is 24.1 Å². The Bertz CT molecular complexity index is 1100. The summed E-state index contributed by atoms with van der Waals surface area (Å²) >= 11 is 0. The van der Waals surface area contributed by atoms with Gasteiger partial charge in [-0.1, -0.05) is 51.2 Å². The van der Waals surface area contributed by atoms with E-state index in [4.69, 9.17) is 0 Å². The number of hydrogen-bond acceptors (Lipinski definition) is 4. The third-order valence-corrected chi connectivity index (χ3v) is 9.23. The molecule has 0 amide bonds. The van der Waals surface area contributed by atoms with Crippen LogP contribution < -0.4 is 11.0 Å². The highest BCUT2D eigenvalue weighted by molar-refractivity contribution is 7.59. The van der Waals surface area contributed by atoms with Crippen molar-refractivity contribution in [1.29, 1.82) is 0 Å². The van der Waals surface area contributed by atoms with Gasteiger partial charge in [0.15, 0.2) is 0 Å². The number of aromatic nitrogens is 2. The lowest BCUT2D eigenvalue weighted by Gasteiger charge is -2.55. The number of para-hydroxylation sites is 2. The standard InChI is InChI=1S/C25H36N3O4P/c1-17-13-14-19-15-20(16-23(17)27(19)18-9-5-3-2-4-6-10-18)28-22-12-8-7-11-21(22)26-24(25(28)29)33(30,31)32/h7-8,11-12,17-20,23H,2-6,9-10,13-16H2,1H3,(H2,30,31,32). The summed E-state index contributed by atoms with van der Waals surface area (Å²) in [5.74, 6) is 0.555. The molecular weight excluding hydrogens is 437 g/mol. The van der Waals surface area contributed by atoms with Gasteiger partial charge in [-0.2, -0.15) is 0 Å². The summed E-state index contributed by atoms with van der Waals surface area (Å²) in [6, 6.07) is 8.63. The molecule has 0 spiro atoms. The van der Waals surface area contributed by atoms with Gasteiger partial charge < -0.3 is 14.4 Å². The van der Waals surface area contributed by atoms with E-state index in [1.165, 1.54) is 51.4 Å². The second-order valence-electron chi connectivity index (χ2n) is 10.5. The van der Waals surface area contributed by atoms with Crippen LogP contribution >= 0.6 is 7.60 Å². The van der Waals surface area contributed by atoms with E-state index in [2.05, 4.69) is 16.8 Å². The van der Waals surface area contributed by atoms with Crippen molar-refractivity contribution in [3.8, 4) is 0 Å². The van der Waals surface area contributed by atoms with Gasteiger partial charge in [-0.05, 0) is 56.6 Å². The van der Waals surface area contributed by atoms with Crippen LogP contribution in [-0.2, 0) is 4.57 Å². The van der Waals surface area contributed by atoms with Crippen LogP contribution in [0.15, 0.2) is 29.1 Å². The molecule has 1 aromatic carbocycles. The zero-order chi connectivity index (χ0) is 23.2. The molecule has 7 nitrogen and oxygen atoms in total. The molecule has 1 aromatic heterocycles. The SMILES string of the molecule is CC1CCC2CC(n3c(=O)c(P(=O)(O)O)nc4ccccc43)CC1N2C1CCCCCCC1. The van der Waals surface area contributed by atoms with Gasteiger partial charge in [0.1, 0.15) is 0 Å². The summed E-state index contributed by atoms with van der Waals surface area (Å²) in [7, 11) is -4.77. The van der Waals surface area contributed by atoms with Crippen molar-refractivity contribution in [1.82, 2.24) is 14.5 Å². The van der Waals surface area contributed by atoms with E-state index in [1.54, 1.807) is 16.7 Å². The predicted molar refractivity (Wildman–Crippen MR) is 130 cm³/mol. The van der Waals surface area contributed by atoms with Crippen molar-refractivity contribution in [2.45, 2.75) is 102 Å². The van der Waals surface area contributed by atoms with Crippen LogP contribution in [0.1, 0.15) is 83.6 Å². The van der Waals surface area contributed by atoms with Crippen LogP contribution in [0.5, 0.6) is 0 Å². The van der Waals surface area contributed by atoms with Crippen molar-refractivity contribution in [2.24, 2.45) is 5.92 Å². The van der Waals surface area contributed by atoms with Gasteiger partial charge in [0.2, 0.25) is 5.44 Å². The fraction of sp³-hybridized carbons (Fsp3) is 0.680. The summed E-state index contributed by atoms with van der Waals surface area (Å²) in [4.78, 5) is 40.0. The van der Waals surface area contributed by atoms with Crippen molar-refractivity contribution < 1.29 is 14.4 Å². The fourth-order valence-corrected chi connectivity index (χ4v) is 7.45. The topological polar surface area (TPSA) is 95.7 Å². The van der Waals surface area contributed by atoms with Gasteiger partial charge in [-0.15, -0.1) is 0 Å². The number of nitrogens with zero attached hydrogens (tertiary/aromatic N) is 3. The van der Waals surface area contributed by atoms with E-state index in [-0.39, 0.29) is 6.04 Å². The van der Waals surface area contributed by atoms with Gasteiger partial charge >= 0.3 is 7.60 Å². The molecule has 3 aliphatic rings. The van der Waals surface area contributed by atoms with Crippen LogP contribution in [0, 0.1) is 5.92 Å². The van der Waals surface area contributed by atoms with E-state index in [0.29, 0.717) is 35.1 Å². The Hall–Kier alpha value is -1.53. The lowest BCUT2D eigenvalue weighted by atomic mass is 9.74. The zero-order valence-corrected chi connectivity index (χ0v) is 20.4. The minimum atomic E-state index is -4.77. The first kappa shape index (κ1) is 23.2. The Morgan fingerprint density at radius 1 is 0.909 bits per heavy atom.